The Bertz CT molecular complexity index is 1710. The summed E-state index contributed by atoms with van der Waals surface area (Å²) in [6, 6.07) is 55.7. The highest BCUT2D eigenvalue weighted by atomic mass is 32.2. The van der Waals surface area contributed by atoms with Crippen molar-refractivity contribution < 1.29 is 18.9 Å². The molecule has 0 spiro atoms. The molecule has 6 rings (SSSR count). The summed E-state index contributed by atoms with van der Waals surface area (Å²) in [5, 5.41) is 0. The van der Waals surface area contributed by atoms with E-state index < -0.39 is 6.15 Å². The Morgan fingerprint density at radius 1 is 0.370 bits per heavy atom. The maximum absolute atomic E-state index is 5.42. The monoisotopic (exact) mass is 738 g/mol. The summed E-state index contributed by atoms with van der Waals surface area (Å²) in [5.74, 6) is 3.51. The quantitative estimate of drug-likeness (QED) is 0.0824. The lowest BCUT2D eigenvalue weighted by Crippen LogP contribution is -2.46. The maximum Gasteiger partial charge on any atom is 0.161 e. The van der Waals surface area contributed by atoms with Crippen LogP contribution in [0.1, 0.15) is 43.0 Å². The van der Waals surface area contributed by atoms with E-state index in [1.165, 1.54) is 32.0 Å². The van der Waals surface area contributed by atoms with Gasteiger partial charge >= 0.3 is 0 Å². The Labute approximate surface area is 326 Å². The van der Waals surface area contributed by atoms with Gasteiger partial charge in [0.25, 0.3) is 0 Å². The van der Waals surface area contributed by atoms with Gasteiger partial charge in [-0.05, 0) is 93.6 Å². The molecule has 0 saturated heterocycles. The van der Waals surface area contributed by atoms with Crippen LogP contribution in [0.5, 0.6) is 23.0 Å². The molecule has 0 radical (unpaired) electrons. The molecule has 6 heteroatoms. The van der Waals surface area contributed by atoms with Crippen molar-refractivity contribution in [2.24, 2.45) is 0 Å². The van der Waals surface area contributed by atoms with Gasteiger partial charge in [-0.2, -0.15) is 25.3 Å². The van der Waals surface area contributed by atoms with Crippen LogP contribution in [0.2, 0.25) is 0 Å². The molecule has 0 aliphatic heterocycles. The van der Waals surface area contributed by atoms with Gasteiger partial charge in [0.2, 0.25) is 0 Å². The molecular formula is C48H55BO4S. The Morgan fingerprint density at radius 2 is 0.611 bits per heavy atom. The molecule has 6 aromatic rings. The van der Waals surface area contributed by atoms with Crippen LogP contribution in [0.25, 0.3) is 0 Å². The second-order valence-corrected chi connectivity index (χ2v) is 17.8. The van der Waals surface area contributed by atoms with Crippen LogP contribution in [0, 0.1) is 0 Å². The number of rotatable bonds is 14. The molecule has 0 heterocycles. The van der Waals surface area contributed by atoms with Gasteiger partial charge < -0.3 is 18.9 Å². The molecule has 0 aromatic heterocycles. The molecular weight excluding hydrogens is 683 g/mol. The minimum absolute atomic E-state index is 0.131. The largest absolute Gasteiger partial charge is 0.497 e. The van der Waals surface area contributed by atoms with Crippen LogP contribution in [0.15, 0.2) is 168 Å². The van der Waals surface area contributed by atoms with E-state index in [9.17, 15) is 0 Å². The van der Waals surface area contributed by atoms with Crippen LogP contribution >= 0.6 is 0 Å². The SMILES string of the molecule is CC(C)(C)[S+](c1ccccc1)c1ccccc1.COc1ccc(C[B-](Cc2ccc(OC)cc2)(Cc2ccc(OC)cc2)Cc2ccc(OC)cc2)cc1. The first-order valence-corrected chi connectivity index (χ1v) is 19.9. The van der Waals surface area contributed by atoms with Gasteiger partial charge in [0.15, 0.2) is 9.79 Å². The lowest BCUT2D eigenvalue weighted by Gasteiger charge is -2.41. The van der Waals surface area contributed by atoms with Gasteiger partial charge in [-0.1, -0.05) is 107 Å². The minimum atomic E-state index is -0.957. The van der Waals surface area contributed by atoms with Crippen molar-refractivity contribution in [3.05, 3.63) is 180 Å². The molecule has 0 atom stereocenters. The van der Waals surface area contributed by atoms with Gasteiger partial charge in [0.05, 0.1) is 39.3 Å². The van der Waals surface area contributed by atoms with Crippen LogP contribution in [0.4, 0.5) is 0 Å². The topological polar surface area (TPSA) is 36.9 Å². The maximum atomic E-state index is 5.42. The predicted molar refractivity (Wildman–Crippen MR) is 229 cm³/mol. The van der Waals surface area contributed by atoms with E-state index in [0.717, 1.165) is 48.3 Å². The third-order valence-corrected chi connectivity index (χ3v) is 12.6. The standard InChI is InChI=1S/C32H36BO4.C16H19S/c1-34-29-13-5-25(6-14-29)21-33(22-26-7-15-30(35-2)16-8-26,23-27-9-17-31(36-3)18-10-27)24-28-11-19-32(37-4)20-12-28;1-16(2,3)17(14-10-6-4-7-11-14)15-12-8-5-9-13-15/h5-20H,21-24H2,1-4H3;4-13H,1-3H3/q-1;+1. The number of ether oxygens (including phenoxy) is 4. The smallest absolute Gasteiger partial charge is 0.161 e. The summed E-state index contributed by atoms with van der Waals surface area (Å²) in [4.78, 5) is 2.84. The minimum Gasteiger partial charge on any atom is -0.497 e. The Balaban J connectivity index is 0.000000274. The molecule has 0 saturated carbocycles. The molecule has 0 aliphatic rings. The van der Waals surface area contributed by atoms with Crippen molar-refractivity contribution in [1.29, 1.82) is 0 Å². The number of hydrogen-bond donors (Lipinski definition) is 0. The lowest BCUT2D eigenvalue weighted by atomic mass is 9.16. The average Bonchev–Trinajstić information content (AvgIpc) is 3.20. The zero-order valence-corrected chi connectivity index (χ0v) is 33.8. The van der Waals surface area contributed by atoms with E-state index in [2.05, 4.69) is 178 Å². The zero-order chi connectivity index (χ0) is 38.4. The molecule has 0 aliphatic carbocycles. The molecule has 0 fully saturated rings. The van der Waals surface area contributed by atoms with Gasteiger partial charge in [-0.25, -0.2) is 0 Å². The Kier molecular flexibility index (Phi) is 14.4. The summed E-state index contributed by atoms with van der Waals surface area (Å²) in [5.41, 5.74) is 5.26. The molecule has 6 aromatic carbocycles. The van der Waals surface area contributed by atoms with Crippen molar-refractivity contribution in [3.8, 4) is 23.0 Å². The highest BCUT2D eigenvalue weighted by Gasteiger charge is 2.38. The number of hydrogen-bond acceptors (Lipinski definition) is 4. The van der Waals surface area contributed by atoms with E-state index in [-0.39, 0.29) is 15.6 Å². The van der Waals surface area contributed by atoms with Crippen LogP contribution in [-0.4, -0.2) is 39.3 Å². The number of benzene rings is 6. The van der Waals surface area contributed by atoms with E-state index in [0.29, 0.717) is 0 Å². The second kappa shape index (κ2) is 19.3. The molecule has 0 bridgehead atoms. The first-order chi connectivity index (χ1) is 26.1. The van der Waals surface area contributed by atoms with Crippen LogP contribution in [0.3, 0.4) is 0 Å². The third kappa shape index (κ3) is 11.5. The molecule has 280 valence electrons. The highest BCUT2D eigenvalue weighted by molar-refractivity contribution is 7.98. The Morgan fingerprint density at radius 3 is 0.815 bits per heavy atom. The van der Waals surface area contributed by atoms with Gasteiger partial charge in [0.1, 0.15) is 27.7 Å². The van der Waals surface area contributed by atoms with Crippen molar-refractivity contribution >= 4 is 17.0 Å². The number of methoxy groups -OCH3 is 4. The second-order valence-electron chi connectivity index (χ2n) is 15.0. The summed E-state index contributed by atoms with van der Waals surface area (Å²) in [6.45, 7) is 6.95. The molecule has 0 N–H and O–H groups in total. The first kappa shape index (κ1) is 40.1. The fourth-order valence-corrected chi connectivity index (χ4v) is 9.98. The average molecular weight is 739 g/mol. The van der Waals surface area contributed by atoms with E-state index in [4.69, 9.17) is 18.9 Å². The summed E-state index contributed by atoms with van der Waals surface area (Å²) in [6.07, 6.45) is 2.96. The fraction of sp³-hybridized carbons (Fsp3) is 0.250. The zero-order valence-electron chi connectivity index (χ0n) is 33.0. The molecule has 4 nitrogen and oxygen atoms in total. The molecule has 0 amide bonds. The predicted octanol–water partition coefficient (Wildman–Crippen LogP) is 11.1. The van der Waals surface area contributed by atoms with E-state index in [1.54, 1.807) is 28.4 Å². The highest BCUT2D eigenvalue weighted by Crippen LogP contribution is 2.34. The Hall–Kier alpha value is -5.07. The summed E-state index contributed by atoms with van der Waals surface area (Å²) >= 11 is 0. The van der Waals surface area contributed by atoms with Crippen LogP contribution < -0.4 is 18.9 Å². The molecule has 54 heavy (non-hydrogen) atoms. The molecule has 0 unspecified atom stereocenters. The summed E-state index contributed by atoms with van der Waals surface area (Å²) in [7, 11) is 6.97. The first-order valence-electron chi connectivity index (χ1n) is 18.7. The van der Waals surface area contributed by atoms with Gasteiger partial charge in [0, 0.05) is 6.15 Å². The van der Waals surface area contributed by atoms with Crippen molar-refractivity contribution in [2.75, 3.05) is 28.4 Å². The van der Waals surface area contributed by atoms with Gasteiger partial charge in [-0.3, -0.25) is 0 Å². The van der Waals surface area contributed by atoms with Crippen molar-refractivity contribution in [3.63, 3.8) is 0 Å². The fourth-order valence-electron chi connectivity index (χ4n) is 7.44. The summed E-state index contributed by atoms with van der Waals surface area (Å²) < 4.78 is 21.9. The van der Waals surface area contributed by atoms with E-state index in [1.807, 2.05) is 0 Å². The normalized spacial score (nSPS) is 11.3. The third-order valence-electron chi connectivity index (χ3n) is 9.88. The van der Waals surface area contributed by atoms with E-state index >= 15 is 0 Å². The lowest BCUT2D eigenvalue weighted by molar-refractivity contribution is 0.414. The van der Waals surface area contributed by atoms with Gasteiger partial charge in [-0.15, -0.1) is 0 Å². The van der Waals surface area contributed by atoms with Crippen molar-refractivity contribution in [1.82, 2.24) is 0 Å². The van der Waals surface area contributed by atoms with Crippen LogP contribution in [-0.2, 0) is 36.2 Å². The van der Waals surface area contributed by atoms with Crippen molar-refractivity contribution in [2.45, 2.75) is 60.6 Å².